The normalized spacial score (nSPS) is 12.8. The number of aromatic nitrogens is 4. The Balaban J connectivity index is 1.37. The average Bonchev–Trinajstić information content (AvgIpc) is 3.27. The number of benzene rings is 1. The molecule has 0 bridgehead atoms. The second-order valence-electron chi connectivity index (χ2n) is 7.14. The van der Waals surface area contributed by atoms with Crippen LogP contribution in [0.1, 0.15) is 34.5 Å². The van der Waals surface area contributed by atoms with Gasteiger partial charge in [-0.1, -0.05) is 17.8 Å². The van der Waals surface area contributed by atoms with Gasteiger partial charge in [0, 0.05) is 11.4 Å². The molecule has 1 aliphatic carbocycles. The van der Waals surface area contributed by atoms with Crippen molar-refractivity contribution in [3.05, 3.63) is 58.4 Å². The molecule has 0 unspecified atom stereocenters. The van der Waals surface area contributed by atoms with Crippen LogP contribution in [-0.4, -0.2) is 31.6 Å². The van der Waals surface area contributed by atoms with E-state index < -0.39 is 0 Å². The smallest absolute Gasteiger partial charge is 0.234 e. The molecule has 1 aromatic carbocycles. The van der Waals surface area contributed by atoms with Crippen LogP contribution in [0.5, 0.6) is 0 Å². The Hall–Kier alpha value is -2.67. The summed E-state index contributed by atoms with van der Waals surface area (Å²) in [5.41, 5.74) is 6.86. The van der Waals surface area contributed by atoms with E-state index in [4.69, 9.17) is 0 Å². The van der Waals surface area contributed by atoms with Crippen LogP contribution in [0, 0.1) is 20.8 Å². The molecule has 1 amide bonds. The number of thioether (sulfide) groups is 1. The quantitative estimate of drug-likeness (QED) is 0.668. The molecule has 1 aliphatic rings. The first-order valence-corrected chi connectivity index (χ1v) is 10.4. The largest absolute Gasteiger partial charge is 0.325 e. The third-order valence-corrected chi connectivity index (χ3v) is 6.07. The molecule has 0 aliphatic heterocycles. The number of anilines is 1. The molecule has 0 radical (unpaired) electrons. The van der Waals surface area contributed by atoms with Crippen molar-refractivity contribution >= 4 is 23.4 Å². The lowest BCUT2D eigenvalue weighted by molar-refractivity contribution is -0.113. The predicted molar refractivity (Wildman–Crippen MR) is 111 cm³/mol. The summed E-state index contributed by atoms with van der Waals surface area (Å²) < 4.78 is 1.87. The van der Waals surface area contributed by atoms with Gasteiger partial charge < -0.3 is 5.32 Å². The topological polar surface area (TPSA) is 72.7 Å². The Bertz CT molecular complexity index is 1030. The van der Waals surface area contributed by atoms with Gasteiger partial charge in [-0.05, 0) is 81.0 Å². The van der Waals surface area contributed by atoms with Crippen molar-refractivity contribution in [1.29, 1.82) is 0 Å². The molecule has 0 atom stereocenters. The van der Waals surface area contributed by atoms with E-state index in [1.807, 2.05) is 41.9 Å². The fourth-order valence-electron chi connectivity index (χ4n) is 3.43. The number of carbonyl (C=O) groups is 1. The van der Waals surface area contributed by atoms with Crippen LogP contribution in [-0.2, 0) is 17.6 Å². The van der Waals surface area contributed by atoms with Crippen LogP contribution in [0.25, 0.3) is 5.82 Å². The zero-order valence-electron chi connectivity index (χ0n) is 16.3. The van der Waals surface area contributed by atoms with E-state index in [9.17, 15) is 4.79 Å². The number of amides is 1. The van der Waals surface area contributed by atoms with Gasteiger partial charge in [0.05, 0.1) is 11.4 Å². The number of rotatable bonds is 5. The molecule has 3 aromatic rings. The second-order valence-corrected chi connectivity index (χ2v) is 8.14. The molecule has 144 valence electrons. The van der Waals surface area contributed by atoms with Crippen molar-refractivity contribution in [3.8, 4) is 5.82 Å². The highest BCUT2D eigenvalue weighted by Crippen LogP contribution is 2.26. The van der Waals surface area contributed by atoms with Gasteiger partial charge in [0.1, 0.15) is 5.03 Å². The predicted octanol–water partition coefficient (Wildman–Crippen LogP) is 3.81. The lowest BCUT2D eigenvalue weighted by atomic mass is 10.1. The van der Waals surface area contributed by atoms with Gasteiger partial charge in [0.15, 0.2) is 5.82 Å². The van der Waals surface area contributed by atoms with E-state index in [0.717, 1.165) is 40.6 Å². The summed E-state index contributed by atoms with van der Waals surface area (Å²) in [7, 11) is 0. The molecule has 0 saturated heterocycles. The molecule has 0 saturated carbocycles. The van der Waals surface area contributed by atoms with E-state index in [2.05, 4.69) is 34.5 Å². The van der Waals surface area contributed by atoms with Gasteiger partial charge in [-0.2, -0.15) is 5.10 Å². The minimum Gasteiger partial charge on any atom is -0.325 e. The van der Waals surface area contributed by atoms with Crippen LogP contribution in [0.15, 0.2) is 35.4 Å². The van der Waals surface area contributed by atoms with Crippen LogP contribution < -0.4 is 5.32 Å². The molecule has 0 fully saturated rings. The van der Waals surface area contributed by atoms with Crippen LogP contribution in [0.2, 0.25) is 0 Å². The van der Waals surface area contributed by atoms with E-state index in [-0.39, 0.29) is 11.7 Å². The zero-order valence-corrected chi connectivity index (χ0v) is 17.1. The number of aryl methyl sites for hydroxylation is 3. The summed E-state index contributed by atoms with van der Waals surface area (Å²) in [5.74, 6) is 0.949. The van der Waals surface area contributed by atoms with Gasteiger partial charge >= 0.3 is 0 Å². The number of nitrogens with zero attached hydrogens (tertiary/aromatic N) is 4. The third-order valence-electron chi connectivity index (χ3n) is 5.15. The summed E-state index contributed by atoms with van der Waals surface area (Å²) in [6.45, 7) is 6.17. The number of hydrogen-bond acceptors (Lipinski definition) is 5. The average molecular weight is 394 g/mol. The number of nitrogens with one attached hydrogen (secondary N) is 1. The van der Waals surface area contributed by atoms with Crippen molar-refractivity contribution in [2.24, 2.45) is 0 Å². The Morgan fingerprint density at radius 3 is 2.68 bits per heavy atom. The van der Waals surface area contributed by atoms with Crippen molar-refractivity contribution in [1.82, 2.24) is 20.0 Å². The van der Waals surface area contributed by atoms with Crippen LogP contribution in [0.4, 0.5) is 5.69 Å². The van der Waals surface area contributed by atoms with Gasteiger partial charge in [-0.25, -0.2) is 4.68 Å². The molecular formula is C21H23N5OS. The standard InChI is InChI=1S/C21H23N5OS/c1-13-7-8-16(11-14(13)2)22-20(27)12-28-21-10-9-19(23-24-21)26-15(3)17-5-4-6-18(17)25-26/h7-11H,4-6,12H2,1-3H3,(H,22,27). The minimum atomic E-state index is -0.0570. The SMILES string of the molecule is Cc1ccc(NC(=O)CSc2ccc(-n3nc4c(c3C)CCC4)nn2)cc1C. The molecule has 6 nitrogen and oxygen atoms in total. The Morgan fingerprint density at radius 2 is 1.96 bits per heavy atom. The molecule has 2 heterocycles. The molecule has 28 heavy (non-hydrogen) atoms. The molecule has 2 aromatic heterocycles. The first-order chi connectivity index (χ1) is 13.5. The highest BCUT2D eigenvalue weighted by atomic mass is 32.2. The first kappa shape index (κ1) is 18.7. The first-order valence-electron chi connectivity index (χ1n) is 9.42. The lowest BCUT2D eigenvalue weighted by Crippen LogP contribution is -2.14. The Kier molecular flexibility index (Phi) is 5.17. The highest BCUT2D eigenvalue weighted by Gasteiger charge is 2.20. The molecule has 1 N–H and O–H groups in total. The molecular weight excluding hydrogens is 370 g/mol. The van der Waals surface area contributed by atoms with Crippen molar-refractivity contribution in [3.63, 3.8) is 0 Å². The minimum absolute atomic E-state index is 0.0570. The summed E-state index contributed by atoms with van der Waals surface area (Å²) in [5, 5.41) is 16.9. The number of carbonyl (C=O) groups excluding carboxylic acids is 1. The number of hydrogen-bond donors (Lipinski definition) is 1. The van der Waals surface area contributed by atoms with Crippen molar-refractivity contribution in [2.45, 2.75) is 45.1 Å². The van der Waals surface area contributed by atoms with E-state index in [1.54, 1.807) is 0 Å². The summed E-state index contributed by atoms with van der Waals surface area (Å²) >= 11 is 1.37. The van der Waals surface area contributed by atoms with Gasteiger partial charge in [-0.3, -0.25) is 4.79 Å². The van der Waals surface area contributed by atoms with Gasteiger partial charge in [0.2, 0.25) is 5.91 Å². The highest BCUT2D eigenvalue weighted by molar-refractivity contribution is 7.99. The monoisotopic (exact) mass is 393 g/mol. The van der Waals surface area contributed by atoms with E-state index in [0.29, 0.717) is 0 Å². The fraction of sp³-hybridized carbons (Fsp3) is 0.333. The fourth-order valence-corrected chi connectivity index (χ4v) is 4.05. The van der Waals surface area contributed by atoms with E-state index >= 15 is 0 Å². The van der Waals surface area contributed by atoms with Crippen LogP contribution >= 0.6 is 11.8 Å². The van der Waals surface area contributed by atoms with Gasteiger partial charge in [0.25, 0.3) is 0 Å². The van der Waals surface area contributed by atoms with Crippen molar-refractivity contribution in [2.75, 3.05) is 11.1 Å². The Morgan fingerprint density at radius 1 is 1.11 bits per heavy atom. The van der Waals surface area contributed by atoms with Crippen molar-refractivity contribution < 1.29 is 4.79 Å². The molecule has 0 spiro atoms. The number of fused-ring (bicyclic) bond motifs is 1. The summed E-state index contributed by atoms with van der Waals surface area (Å²) in [6.07, 6.45) is 3.32. The summed E-state index contributed by atoms with van der Waals surface area (Å²) in [4.78, 5) is 12.2. The lowest BCUT2D eigenvalue weighted by Gasteiger charge is -2.08. The molecule has 4 rings (SSSR count). The Labute approximate surface area is 168 Å². The van der Waals surface area contributed by atoms with Crippen LogP contribution in [0.3, 0.4) is 0 Å². The maximum Gasteiger partial charge on any atom is 0.234 e. The summed E-state index contributed by atoms with van der Waals surface area (Å²) in [6, 6.07) is 9.71. The third kappa shape index (κ3) is 3.80. The zero-order chi connectivity index (χ0) is 19.7. The maximum atomic E-state index is 12.2. The maximum absolute atomic E-state index is 12.2. The van der Waals surface area contributed by atoms with Gasteiger partial charge in [-0.15, -0.1) is 10.2 Å². The second kappa shape index (κ2) is 7.75. The van der Waals surface area contributed by atoms with E-state index in [1.165, 1.54) is 35.0 Å². The molecule has 7 heteroatoms.